The lowest BCUT2D eigenvalue weighted by Gasteiger charge is -2.19. The van der Waals surface area contributed by atoms with Gasteiger partial charge in [0.1, 0.15) is 19.2 Å². The van der Waals surface area contributed by atoms with E-state index in [2.05, 4.69) is 145 Å². The predicted octanol–water partition coefficient (Wildman–Crippen LogP) is 9.61. The molecule has 4 heterocycles. The van der Waals surface area contributed by atoms with Crippen LogP contribution in [0.5, 0.6) is 0 Å². The normalized spacial score (nSPS) is 13.5. The van der Waals surface area contributed by atoms with Gasteiger partial charge in [-0.2, -0.15) is 0 Å². The number of para-hydroxylation sites is 2. The van der Waals surface area contributed by atoms with Crippen molar-refractivity contribution in [2.24, 2.45) is 0 Å². The van der Waals surface area contributed by atoms with Gasteiger partial charge in [0.25, 0.3) is 0 Å². The van der Waals surface area contributed by atoms with Crippen LogP contribution in [-0.2, 0) is 0 Å². The van der Waals surface area contributed by atoms with E-state index in [0.717, 1.165) is 61.3 Å². The molecule has 0 fully saturated rings. The summed E-state index contributed by atoms with van der Waals surface area (Å²) < 4.78 is 8.67. The van der Waals surface area contributed by atoms with Crippen LogP contribution in [0, 0.1) is 0 Å². The highest BCUT2D eigenvalue weighted by molar-refractivity contribution is 7.03. The fraction of sp³-hybridized carbons (Fsp3) is 0.0476. The van der Waals surface area contributed by atoms with E-state index in [4.69, 9.17) is 14.4 Å². The molecule has 10 rings (SSSR count). The van der Waals surface area contributed by atoms with Gasteiger partial charge in [0.15, 0.2) is 5.82 Å². The molecule has 0 spiro atoms. The molecule has 6 aromatic carbocycles. The Labute approximate surface area is 272 Å². The smallest absolute Gasteiger partial charge is 0.159 e. The molecule has 0 amide bonds. The van der Waals surface area contributed by atoms with Gasteiger partial charge in [-0.1, -0.05) is 116 Å². The van der Waals surface area contributed by atoms with Crippen molar-refractivity contribution < 1.29 is 4.42 Å². The summed E-state index contributed by atoms with van der Waals surface area (Å²) in [5.41, 5.74) is 10.8. The first kappa shape index (κ1) is 26.4. The second-order valence-corrected chi connectivity index (χ2v) is 17.3. The van der Waals surface area contributed by atoms with Crippen LogP contribution >= 0.6 is 0 Å². The molecule has 1 aliphatic heterocycles. The van der Waals surface area contributed by atoms with Gasteiger partial charge in [-0.25, -0.2) is 9.97 Å². The highest BCUT2D eigenvalue weighted by Gasteiger charge is 2.41. The lowest BCUT2D eigenvalue weighted by atomic mass is 10.0. The molecular formula is C42H29N3OSi. The average molecular weight is 620 g/mol. The largest absolute Gasteiger partial charge is 0.456 e. The highest BCUT2D eigenvalue weighted by atomic mass is 28.3. The summed E-state index contributed by atoms with van der Waals surface area (Å²) in [4.78, 5) is 10.8. The van der Waals surface area contributed by atoms with Crippen molar-refractivity contribution in [2.75, 3.05) is 0 Å². The Bertz CT molecular complexity index is 2720. The minimum Gasteiger partial charge on any atom is -0.456 e. The number of fused-ring (bicyclic) bond motifs is 9. The van der Waals surface area contributed by atoms with Crippen LogP contribution < -0.4 is 10.5 Å². The molecule has 0 bridgehead atoms. The van der Waals surface area contributed by atoms with E-state index in [1.807, 2.05) is 12.1 Å². The molecule has 0 saturated heterocycles. The average Bonchev–Trinajstić information content (AvgIpc) is 3.72. The SMILES string of the molecule is C[Si]1(C)c2ccccc2-c2c(-c3ccccc3)nc(-c3cccc(-n4c5ccccc5c5cc6oc7ccccc7c6cc54)c3)nc21. The maximum absolute atomic E-state index is 6.30. The van der Waals surface area contributed by atoms with Crippen molar-refractivity contribution in [3.63, 3.8) is 0 Å². The fourth-order valence-corrected chi connectivity index (χ4v) is 10.6. The van der Waals surface area contributed by atoms with Gasteiger partial charge in [0, 0.05) is 49.2 Å². The van der Waals surface area contributed by atoms with Gasteiger partial charge in [-0.15, -0.1) is 0 Å². The van der Waals surface area contributed by atoms with Crippen LogP contribution in [0.3, 0.4) is 0 Å². The third kappa shape index (κ3) is 3.75. The van der Waals surface area contributed by atoms with Crippen molar-refractivity contribution in [3.05, 3.63) is 140 Å². The van der Waals surface area contributed by atoms with Gasteiger partial charge in [0.2, 0.25) is 0 Å². The van der Waals surface area contributed by atoms with Crippen LogP contribution in [-0.4, -0.2) is 22.6 Å². The Balaban J connectivity index is 1.22. The Morgan fingerprint density at radius 3 is 2.19 bits per heavy atom. The summed E-state index contributed by atoms with van der Waals surface area (Å²) in [6.45, 7) is 4.83. The second kappa shape index (κ2) is 9.61. The number of hydrogen-bond acceptors (Lipinski definition) is 3. The molecule has 0 atom stereocenters. The maximum Gasteiger partial charge on any atom is 0.159 e. The molecule has 0 saturated carbocycles. The standard InChI is InChI=1S/C42H29N3OSi/c1-47(2)38-22-11-8-19-31(38)39-40(26-13-4-3-5-14-26)43-41(44-42(39)47)27-15-12-16-28(23-27)45-34-20-9-6-17-29(34)32-25-37-33(24-35(32)45)30-18-7-10-21-36(30)46-37/h3-25H,1-2H3. The van der Waals surface area contributed by atoms with E-state index < -0.39 is 8.07 Å². The summed E-state index contributed by atoms with van der Waals surface area (Å²) in [7, 11) is -2.06. The van der Waals surface area contributed by atoms with Crippen molar-refractivity contribution in [3.8, 4) is 39.5 Å². The minimum atomic E-state index is -2.06. The van der Waals surface area contributed by atoms with Crippen molar-refractivity contribution in [1.82, 2.24) is 14.5 Å². The van der Waals surface area contributed by atoms with Crippen molar-refractivity contribution in [2.45, 2.75) is 13.1 Å². The Morgan fingerprint density at radius 2 is 1.30 bits per heavy atom. The number of rotatable bonds is 3. The van der Waals surface area contributed by atoms with Gasteiger partial charge in [-0.05, 0) is 47.1 Å². The lowest BCUT2D eigenvalue weighted by Crippen LogP contribution is -2.50. The van der Waals surface area contributed by atoms with Gasteiger partial charge in [-0.3, -0.25) is 0 Å². The van der Waals surface area contributed by atoms with Gasteiger partial charge in [0.05, 0.1) is 16.7 Å². The number of aromatic nitrogens is 3. The Kier molecular flexibility index (Phi) is 5.41. The van der Waals surface area contributed by atoms with Crippen LogP contribution in [0.25, 0.3) is 83.2 Å². The van der Waals surface area contributed by atoms with E-state index in [0.29, 0.717) is 0 Å². The number of nitrogens with zero attached hydrogens (tertiary/aromatic N) is 3. The monoisotopic (exact) mass is 619 g/mol. The van der Waals surface area contributed by atoms with E-state index in [1.54, 1.807) is 0 Å². The molecule has 5 heteroatoms. The topological polar surface area (TPSA) is 43.9 Å². The highest BCUT2D eigenvalue weighted by Crippen LogP contribution is 2.40. The Hall–Kier alpha value is -5.78. The summed E-state index contributed by atoms with van der Waals surface area (Å²) in [6, 6.07) is 49.5. The number of hydrogen-bond donors (Lipinski definition) is 0. The van der Waals surface area contributed by atoms with Crippen molar-refractivity contribution >= 4 is 62.3 Å². The fourth-order valence-electron chi connectivity index (χ4n) is 7.72. The quantitative estimate of drug-likeness (QED) is 0.185. The first-order chi connectivity index (χ1) is 23.1. The molecule has 0 unspecified atom stereocenters. The molecule has 0 radical (unpaired) electrons. The lowest BCUT2D eigenvalue weighted by molar-refractivity contribution is 0.669. The van der Waals surface area contributed by atoms with Crippen LogP contribution in [0.1, 0.15) is 0 Å². The minimum absolute atomic E-state index is 0.766. The molecule has 9 aromatic rings. The molecule has 47 heavy (non-hydrogen) atoms. The van der Waals surface area contributed by atoms with Crippen LogP contribution in [0.4, 0.5) is 0 Å². The van der Waals surface area contributed by atoms with E-state index in [-0.39, 0.29) is 0 Å². The Morgan fingerprint density at radius 1 is 0.553 bits per heavy atom. The third-order valence-corrected chi connectivity index (χ3v) is 13.3. The zero-order chi connectivity index (χ0) is 31.3. The molecule has 0 aliphatic carbocycles. The zero-order valence-corrected chi connectivity index (χ0v) is 27.0. The van der Waals surface area contributed by atoms with Crippen LogP contribution in [0.15, 0.2) is 144 Å². The summed E-state index contributed by atoms with van der Waals surface area (Å²) in [5, 5.41) is 7.25. The molecule has 222 valence electrons. The van der Waals surface area contributed by atoms with E-state index in [9.17, 15) is 0 Å². The summed E-state index contributed by atoms with van der Waals surface area (Å²) >= 11 is 0. The van der Waals surface area contributed by atoms with Crippen molar-refractivity contribution in [1.29, 1.82) is 0 Å². The first-order valence-electron chi connectivity index (χ1n) is 16.1. The maximum atomic E-state index is 6.30. The zero-order valence-electron chi connectivity index (χ0n) is 26.0. The number of benzene rings is 6. The molecule has 4 nitrogen and oxygen atoms in total. The number of furan rings is 1. The van der Waals surface area contributed by atoms with Crippen LogP contribution in [0.2, 0.25) is 13.1 Å². The van der Waals surface area contributed by atoms with E-state index >= 15 is 0 Å². The molecular weight excluding hydrogens is 591 g/mol. The molecule has 1 aliphatic rings. The predicted molar refractivity (Wildman–Crippen MR) is 197 cm³/mol. The summed E-state index contributed by atoms with van der Waals surface area (Å²) in [6.07, 6.45) is 0. The second-order valence-electron chi connectivity index (χ2n) is 13.0. The molecule has 0 N–H and O–H groups in total. The van der Waals surface area contributed by atoms with Gasteiger partial charge < -0.3 is 8.98 Å². The van der Waals surface area contributed by atoms with E-state index in [1.165, 1.54) is 32.4 Å². The first-order valence-corrected chi connectivity index (χ1v) is 19.1. The molecule has 3 aromatic heterocycles. The summed E-state index contributed by atoms with van der Waals surface area (Å²) in [5.74, 6) is 0.766. The third-order valence-electron chi connectivity index (χ3n) is 9.95. The van der Waals surface area contributed by atoms with Gasteiger partial charge >= 0.3 is 0 Å².